The van der Waals surface area contributed by atoms with Crippen LogP contribution in [0, 0.1) is 0 Å². The number of rotatable bonds is 4. The third kappa shape index (κ3) is 3.25. The van der Waals surface area contributed by atoms with Crippen molar-refractivity contribution in [3.8, 4) is 0 Å². The Morgan fingerprint density at radius 1 is 0.583 bits per heavy atom. The molecule has 1 saturated heterocycles. The molecule has 24 heavy (non-hydrogen) atoms. The van der Waals surface area contributed by atoms with Gasteiger partial charge in [0.1, 0.15) is 8.24 Å². The summed E-state index contributed by atoms with van der Waals surface area (Å²) in [7, 11) is -1.39. The summed E-state index contributed by atoms with van der Waals surface area (Å²) >= 11 is 0. The van der Waals surface area contributed by atoms with Gasteiger partial charge in [0, 0.05) is 19.8 Å². The van der Waals surface area contributed by atoms with E-state index >= 15 is 0 Å². The van der Waals surface area contributed by atoms with Crippen molar-refractivity contribution in [3.05, 3.63) is 0 Å². The second-order valence-corrected chi connectivity index (χ2v) is 14.2. The Labute approximate surface area is 151 Å². The lowest BCUT2D eigenvalue weighted by Crippen LogP contribution is -2.63. The molecule has 0 bridgehead atoms. The van der Waals surface area contributed by atoms with E-state index in [9.17, 15) is 0 Å². The van der Waals surface area contributed by atoms with Crippen molar-refractivity contribution in [1.29, 1.82) is 0 Å². The van der Waals surface area contributed by atoms with E-state index in [0.29, 0.717) is 0 Å². The van der Waals surface area contributed by atoms with Gasteiger partial charge < -0.3 is 9.88 Å². The van der Waals surface area contributed by atoms with Gasteiger partial charge in [-0.25, -0.2) is 0 Å². The second kappa shape index (κ2) is 8.22. The summed E-state index contributed by atoms with van der Waals surface area (Å²) < 4.78 is 3.15. The Hall–Kier alpha value is 0.137. The van der Waals surface area contributed by atoms with Crippen LogP contribution in [0.25, 0.3) is 0 Å². The van der Waals surface area contributed by atoms with Crippen molar-refractivity contribution in [3.63, 3.8) is 0 Å². The fourth-order valence-electron chi connectivity index (χ4n) is 7.31. The summed E-state index contributed by atoms with van der Waals surface area (Å²) in [5.41, 5.74) is 3.41. The summed E-state index contributed by atoms with van der Waals surface area (Å²) in [6, 6.07) is 0. The second-order valence-electron chi connectivity index (χ2n) is 9.31. The van der Waals surface area contributed by atoms with Crippen LogP contribution in [0.4, 0.5) is 0 Å². The molecule has 0 radical (unpaired) electrons. The van der Waals surface area contributed by atoms with Crippen molar-refractivity contribution in [1.82, 2.24) is 9.88 Å². The van der Waals surface area contributed by atoms with E-state index < -0.39 is 8.24 Å². The fourth-order valence-corrected chi connectivity index (χ4v) is 15.7. The average molecular weight is 349 g/mol. The molecule has 1 N–H and O–H groups in total. The summed E-state index contributed by atoms with van der Waals surface area (Å²) in [4.78, 5) is 0. The zero-order valence-corrected chi connectivity index (χ0v) is 16.9. The number of hydrogen-bond acceptors (Lipinski definition) is 2. The lowest BCUT2D eigenvalue weighted by molar-refractivity contribution is 0.348. The number of nitrogens with one attached hydrogen (secondary N) is 1. The van der Waals surface area contributed by atoms with Crippen LogP contribution in [0.1, 0.15) is 96.3 Å². The fraction of sp³-hybridized carbons (Fsp3) is 1.00. The van der Waals surface area contributed by atoms with E-state index in [-0.39, 0.29) is 0 Å². The lowest BCUT2D eigenvalue weighted by atomic mass is 9.98. The van der Waals surface area contributed by atoms with Gasteiger partial charge in [-0.05, 0) is 16.6 Å². The van der Waals surface area contributed by atoms with Crippen molar-refractivity contribution in [2.45, 2.75) is 113 Å². The zero-order chi connectivity index (χ0) is 16.2. The molecule has 0 spiro atoms. The highest BCUT2D eigenvalue weighted by Gasteiger charge is 2.56. The van der Waals surface area contributed by atoms with Crippen LogP contribution >= 0.6 is 0 Å². The molecule has 0 aromatic rings. The summed E-state index contributed by atoms with van der Waals surface area (Å²) in [5.74, 6) is 0. The highest BCUT2D eigenvalue weighted by atomic mass is 28.3. The van der Waals surface area contributed by atoms with Crippen molar-refractivity contribution >= 4 is 8.24 Å². The molecule has 138 valence electrons. The molecule has 3 heteroatoms. The first-order valence-electron chi connectivity index (χ1n) is 11.4. The van der Waals surface area contributed by atoms with Gasteiger partial charge in [0.2, 0.25) is 0 Å². The van der Waals surface area contributed by atoms with Crippen LogP contribution in [-0.4, -0.2) is 32.6 Å². The largest absolute Gasteiger partial charge is 0.309 e. The van der Waals surface area contributed by atoms with E-state index in [2.05, 4.69) is 9.88 Å². The predicted molar refractivity (Wildman–Crippen MR) is 106 cm³/mol. The van der Waals surface area contributed by atoms with Crippen LogP contribution < -0.4 is 5.32 Å². The first-order chi connectivity index (χ1) is 11.9. The third-order valence-corrected chi connectivity index (χ3v) is 15.3. The highest BCUT2D eigenvalue weighted by molar-refractivity contribution is 6.81. The van der Waals surface area contributed by atoms with Crippen LogP contribution in [0.2, 0.25) is 16.6 Å². The van der Waals surface area contributed by atoms with E-state index in [0.717, 1.165) is 16.6 Å². The zero-order valence-electron chi connectivity index (χ0n) is 15.9. The maximum absolute atomic E-state index is 3.76. The topological polar surface area (TPSA) is 15.3 Å². The Kier molecular flexibility index (Phi) is 6.01. The molecule has 0 aromatic carbocycles. The molecule has 1 heterocycles. The van der Waals surface area contributed by atoms with Gasteiger partial charge in [0.25, 0.3) is 0 Å². The van der Waals surface area contributed by atoms with Gasteiger partial charge in [-0.3, -0.25) is 0 Å². The molecular weight excluding hydrogens is 308 g/mol. The monoisotopic (exact) mass is 348 g/mol. The lowest BCUT2D eigenvalue weighted by Gasteiger charge is -2.57. The predicted octanol–water partition coefficient (Wildman–Crippen LogP) is 5.80. The van der Waals surface area contributed by atoms with Gasteiger partial charge >= 0.3 is 0 Å². The standard InChI is InChI=1S/C21H40N2Si/c1-4-10-19(11-5-1)24(23-17-16-22-18-23,20-12-6-2-7-13-20)21-14-8-3-9-15-21/h19-22H,1-18H2. The van der Waals surface area contributed by atoms with Crippen molar-refractivity contribution in [2.75, 3.05) is 19.8 Å². The highest BCUT2D eigenvalue weighted by Crippen LogP contribution is 2.58. The molecule has 3 aliphatic carbocycles. The van der Waals surface area contributed by atoms with E-state index in [1.807, 2.05) is 0 Å². The molecule has 0 amide bonds. The molecule has 1 aliphatic heterocycles. The molecule has 2 nitrogen and oxygen atoms in total. The van der Waals surface area contributed by atoms with Gasteiger partial charge in [0.15, 0.2) is 0 Å². The molecule has 3 saturated carbocycles. The Morgan fingerprint density at radius 3 is 1.33 bits per heavy atom. The number of hydrogen-bond donors (Lipinski definition) is 1. The molecule has 4 fully saturated rings. The third-order valence-electron chi connectivity index (χ3n) is 8.19. The number of nitrogens with zero attached hydrogens (tertiary/aromatic N) is 1. The molecule has 0 aromatic heterocycles. The minimum absolute atomic E-state index is 1.14. The smallest absolute Gasteiger partial charge is 0.139 e. The van der Waals surface area contributed by atoms with E-state index in [1.165, 1.54) is 39.0 Å². The minimum atomic E-state index is -1.39. The van der Waals surface area contributed by atoms with Crippen LogP contribution in [0.5, 0.6) is 0 Å². The van der Waals surface area contributed by atoms with E-state index in [4.69, 9.17) is 0 Å². The summed E-state index contributed by atoms with van der Waals surface area (Å²) in [6.07, 6.45) is 23.4. The van der Waals surface area contributed by atoms with Crippen molar-refractivity contribution in [2.24, 2.45) is 0 Å². The Morgan fingerprint density at radius 2 is 1.00 bits per heavy atom. The molecular formula is C21H40N2Si. The molecule has 4 rings (SSSR count). The molecule has 0 unspecified atom stereocenters. The normalized spacial score (nSPS) is 30.0. The van der Waals surface area contributed by atoms with Gasteiger partial charge in [-0.15, -0.1) is 0 Å². The summed E-state index contributed by atoms with van der Waals surface area (Å²) in [5, 5.41) is 3.76. The quantitative estimate of drug-likeness (QED) is 0.646. The molecule has 4 aliphatic rings. The SMILES string of the molecule is C1CCC([Si](C2CCCCC2)(C2CCCCC2)N2CCNC2)CC1. The Bertz CT molecular complexity index is 330. The van der Waals surface area contributed by atoms with Crippen molar-refractivity contribution < 1.29 is 0 Å². The van der Waals surface area contributed by atoms with E-state index in [1.54, 1.807) is 77.0 Å². The van der Waals surface area contributed by atoms with Crippen LogP contribution in [0.3, 0.4) is 0 Å². The summed E-state index contributed by atoms with van der Waals surface area (Å²) in [6.45, 7) is 3.90. The first kappa shape index (κ1) is 17.5. The van der Waals surface area contributed by atoms with Gasteiger partial charge in [0.05, 0.1) is 0 Å². The van der Waals surface area contributed by atoms with Gasteiger partial charge in [-0.2, -0.15) is 0 Å². The average Bonchev–Trinajstić information content (AvgIpc) is 3.20. The van der Waals surface area contributed by atoms with Gasteiger partial charge in [-0.1, -0.05) is 96.3 Å². The van der Waals surface area contributed by atoms with Crippen LogP contribution in [0.15, 0.2) is 0 Å². The minimum Gasteiger partial charge on any atom is -0.309 e. The Balaban J connectivity index is 1.70. The maximum Gasteiger partial charge on any atom is 0.139 e. The molecule has 0 atom stereocenters. The first-order valence-corrected chi connectivity index (χ1v) is 13.6. The van der Waals surface area contributed by atoms with Crippen LogP contribution in [-0.2, 0) is 0 Å². The maximum atomic E-state index is 3.76.